The topological polar surface area (TPSA) is 49.4 Å². The summed E-state index contributed by atoms with van der Waals surface area (Å²) < 4.78 is 5.78. The van der Waals surface area contributed by atoms with Gasteiger partial charge >= 0.3 is 29.6 Å². The van der Waals surface area contributed by atoms with Crippen molar-refractivity contribution in [1.82, 2.24) is 0 Å². The molecule has 2 rings (SSSR count). The fourth-order valence-corrected chi connectivity index (χ4v) is 2.32. The molecule has 0 aromatic heterocycles. The van der Waals surface area contributed by atoms with Gasteiger partial charge in [0.25, 0.3) is 0 Å². The number of rotatable bonds is 6. The minimum Gasteiger partial charge on any atom is -0.550 e. The largest absolute Gasteiger partial charge is 1.00 e. The van der Waals surface area contributed by atoms with Crippen LogP contribution < -0.4 is 39.4 Å². The molecule has 0 amide bonds. The quantitative estimate of drug-likeness (QED) is 0.546. The van der Waals surface area contributed by atoms with Crippen molar-refractivity contribution in [2.45, 2.75) is 32.8 Å². The Balaban J connectivity index is 0.00000288. The van der Waals surface area contributed by atoms with E-state index in [0.717, 1.165) is 16.9 Å². The van der Waals surface area contributed by atoms with E-state index in [1.165, 1.54) is 5.56 Å². The van der Waals surface area contributed by atoms with Crippen molar-refractivity contribution in [2.24, 2.45) is 0 Å². The molecule has 118 valence electrons. The molecular weight excluding hydrogens is 311 g/mol. The van der Waals surface area contributed by atoms with E-state index in [-0.39, 0.29) is 41.9 Å². The summed E-state index contributed by atoms with van der Waals surface area (Å²) in [4.78, 5) is 10.8. The van der Waals surface area contributed by atoms with E-state index in [2.05, 4.69) is 24.8 Å². The summed E-state index contributed by atoms with van der Waals surface area (Å²) in [7, 11) is 0. The number of carboxylic acids is 1. The van der Waals surface area contributed by atoms with Crippen LogP contribution in [0, 0.1) is 18.8 Å². The maximum Gasteiger partial charge on any atom is 1.00 e. The zero-order valence-corrected chi connectivity index (χ0v) is 16.3. The molecule has 3 nitrogen and oxygen atoms in total. The van der Waals surface area contributed by atoms with Gasteiger partial charge in [-0.15, -0.1) is 5.92 Å². The zero-order valence-electron chi connectivity index (χ0n) is 14.3. The van der Waals surface area contributed by atoms with Gasteiger partial charge in [0.05, 0.1) is 5.92 Å². The Morgan fingerprint density at radius 1 is 1.17 bits per heavy atom. The normalized spacial score (nSPS) is 10.8. The molecule has 2 aromatic rings. The molecule has 0 saturated carbocycles. The maximum atomic E-state index is 10.8. The third kappa shape index (κ3) is 6.05. The van der Waals surface area contributed by atoms with Gasteiger partial charge in [0, 0.05) is 12.4 Å². The number of carboxylic acid groups (broad SMARTS) is 1. The molecule has 0 aliphatic heterocycles. The van der Waals surface area contributed by atoms with Crippen LogP contribution in [0.25, 0.3) is 0 Å². The number of aryl methyl sites for hydroxylation is 1. The smallest absolute Gasteiger partial charge is 0.550 e. The molecule has 24 heavy (non-hydrogen) atoms. The molecule has 0 bridgehead atoms. The van der Waals surface area contributed by atoms with Crippen LogP contribution in [0.1, 0.15) is 36.0 Å². The van der Waals surface area contributed by atoms with E-state index in [1.807, 2.05) is 42.5 Å². The van der Waals surface area contributed by atoms with E-state index in [9.17, 15) is 9.90 Å². The van der Waals surface area contributed by atoms with Crippen LogP contribution in [0.2, 0.25) is 0 Å². The van der Waals surface area contributed by atoms with Crippen molar-refractivity contribution in [3.8, 4) is 17.6 Å². The summed E-state index contributed by atoms with van der Waals surface area (Å²) in [5.41, 5.74) is 3.19. The van der Waals surface area contributed by atoms with Gasteiger partial charge in [0.15, 0.2) is 0 Å². The molecule has 0 saturated heterocycles. The van der Waals surface area contributed by atoms with Crippen molar-refractivity contribution in [3.05, 3.63) is 65.2 Å². The van der Waals surface area contributed by atoms with Crippen molar-refractivity contribution in [3.63, 3.8) is 0 Å². The molecule has 1 unspecified atom stereocenters. The number of hydrogen-bond donors (Lipinski definition) is 0. The van der Waals surface area contributed by atoms with Crippen molar-refractivity contribution in [2.75, 3.05) is 0 Å². The first-order valence-electron chi connectivity index (χ1n) is 7.49. The summed E-state index contributed by atoms with van der Waals surface area (Å²) in [6, 6.07) is 15.5. The Morgan fingerprint density at radius 3 is 2.42 bits per heavy atom. The van der Waals surface area contributed by atoms with Gasteiger partial charge in [0.2, 0.25) is 0 Å². The Kier molecular flexibility index (Phi) is 8.63. The van der Waals surface area contributed by atoms with Crippen molar-refractivity contribution < 1.29 is 44.2 Å². The fourth-order valence-electron chi connectivity index (χ4n) is 2.32. The van der Waals surface area contributed by atoms with Crippen LogP contribution in [0.3, 0.4) is 0 Å². The van der Waals surface area contributed by atoms with Gasteiger partial charge in [-0.25, -0.2) is 0 Å². The summed E-state index contributed by atoms with van der Waals surface area (Å²) in [5.74, 6) is 4.96. The monoisotopic (exact) mass is 330 g/mol. The van der Waals surface area contributed by atoms with Gasteiger partial charge < -0.3 is 14.6 Å². The standard InChI is InChI=1S/C20H20O3.Na/c1-3-6-17(13-20(21)22)16-9-11-19(12-10-16)23-14-18-8-5-4-7-15(18)2;/h4-5,7-12,17H,13-14H2,1-2H3,(H,21,22);/q;+1/p-1. The third-order valence-electron chi connectivity index (χ3n) is 3.63. The average molecular weight is 330 g/mol. The van der Waals surface area contributed by atoms with Gasteiger partial charge in [-0.2, -0.15) is 0 Å². The molecule has 0 heterocycles. The predicted molar refractivity (Wildman–Crippen MR) is 87.8 cm³/mol. The van der Waals surface area contributed by atoms with Gasteiger partial charge in [-0.05, 0) is 42.7 Å². The van der Waals surface area contributed by atoms with Crippen LogP contribution in [0.5, 0.6) is 5.75 Å². The SMILES string of the molecule is CC#CC(CC(=O)[O-])c1ccc(OCc2ccccc2C)cc1.[Na+]. The van der Waals surface area contributed by atoms with Gasteiger partial charge in [-0.1, -0.05) is 42.3 Å². The molecule has 4 heteroatoms. The van der Waals surface area contributed by atoms with E-state index >= 15 is 0 Å². The van der Waals surface area contributed by atoms with Gasteiger partial charge in [-0.3, -0.25) is 0 Å². The van der Waals surface area contributed by atoms with Crippen LogP contribution >= 0.6 is 0 Å². The molecule has 0 aliphatic carbocycles. The molecular formula is C20H19NaO3. The predicted octanol–water partition coefficient (Wildman–Crippen LogP) is -0.175. The van der Waals surface area contributed by atoms with Crippen LogP contribution in [-0.4, -0.2) is 5.97 Å². The van der Waals surface area contributed by atoms with E-state index < -0.39 is 5.97 Å². The summed E-state index contributed by atoms with van der Waals surface area (Å²) >= 11 is 0. The fraction of sp³-hybridized carbons (Fsp3) is 0.250. The van der Waals surface area contributed by atoms with E-state index in [4.69, 9.17) is 4.74 Å². The second-order valence-corrected chi connectivity index (χ2v) is 5.31. The first-order valence-corrected chi connectivity index (χ1v) is 7.49. The molecule has 0 radical (unpaired) electrons. The number of hydrogen-bond acceptors (Lipinski definition) is 3. The molecule has 2 aromatic carbocycles. The Bertz CT molecular complexity index is 727. The Labute approximate surface area is 165 Å². The first-order chi connectivity index (χ1) is 11.1. The van der Waals surface area contributed by atoms with Crippen molar-refractivity contribution in [1.29, 1.82) is 0 Å². The number of carbonyl (C=O) groups is 1. The first kappa shape index (κ1) is 20.3. The molecule has 0 spiro atoms. The molecule has 0 N–H and O–H groups in total. The second-order valence-electron chi connectivity index (χ2n) is 5.31. The van der Waals surface area contributed by atoms with E-state index in [0.29, 0.717) is 6.61 Å². The van der Waals surface area contributed by atoms with Gasteiger partial charge in [0.1, 0.15) is 12.4 Å². The van der Waals surface area contributed by atoms with Crippen LogP contribution in [-0.2, 0) is 11.4 Å². The summed E-state index contributed by atoms with van der Waals surface area (Å²) in [5, 5.41) is 10.8. The maximum absolute atomic E-state index is 10.8. The van der Waals surface area contributed by atoms with E-state index in [1.54, 1.807) is 6.92 Å². The number of benzene rings is 2. The third-order valence-corrected chi connectivity index (χ3v) is 3.63. The van der Waals surface area contributed by atoms with Crippen molar-refractivity contribution >= 4 is 5.97 Å². The summed E-state index contributed by atoms with van der Waals surface area (Å²) in [6.07, 6.45) is -0.107. The second kappa shape index (κ2) is 10.2. The minimum atomic E-state index is -1.10. The molecule has 0 fully saturated rings. The average Bonchev–Trinajstić information content (AvgIpc) is 2.54. The molecule has 0 aliphatic rings. The Morgan fingerprint density at radius 2 is 1.83 bits per heavy atom. The molecule has 1 atom stereocenters. The Hall–Kier alpha value is -1.73. The number of ether oxygens (including phenoxy) is 1. The summed E-state index contributed by atoms with van der Waals surface area (Å²) in [6.45, 7) is 4.25. The van der Waals surface area contributed by atoms with Crippen LogP contribution in [0.15, 0.2) is 48.5 Å². The van der Waals surface area contributed by atoms with Crippen LogP contribution in [0.4, 0.5) is 0 Å². The number of carbonyl (C=O) groups excluding carboxylic acids is 1. The zero-order chi connectivity index (χ0) is 16.7. The minimum absolute atomic E-state index is 0. The number of aliphatic carboxylic acids is 1.